The standard InChI is InChI=1S/C25H32FN3OS/c1-18-9-8-14-23(19(18)2)28-24(30)15-27-25(31)29(16-20-10-4-3-5-11-20)17-21-12-6-7-13-22(21)26/h3-7,10-13,18-19,23H,8-9,14-17H2,1-2H3,(H,27,31)(H,28,30). The lowest BCUT2D eigenvalue weighted by atomic mass is 9.78. The largest absolute Gasteiger partial charge is 0.353 e. The van der Waals surface area contributed by atoms with Gasteiger partial charge in [0.1, 0.15) is 5.82 Å². The van der Waals surface area contributed by atoms with E-state index in [0.717, 1.165) is 18.4 Å². The SMILES string of the molecule is CC1CCCC(NC(=O)CNC(=S)N(Cc2ccccc2)Cc2ccccc2F)C1C. The predicted molar refractivity (Wildman–Crippen MR) is 127 cm³/mol. The smallest absolute Gasteiger partial charge is 0.239 e. The fourth-order valence-electron chi connectivity index (χ4n) is 4.15. The van der Waals surface area contributed by atoms with Gasteiger partial charge in [0.2, 0.25) is 5.91 Å². The van der Waals surface area contributed by atoms with Gasteiger partial charge in [0.15, 0.2) is 5.11 Å². The molecule has 4 nitrogen and oxygen atoms in total. The Labute approximate surface area is 190 Å². The molecule has 2 aromatic rings. The van der Waals surface area contributed by atoms with Crippen molar-refractivity contribution in [3.63, 3.8) is 0 Å². The number of nitrogens with zero attached hydrogens (tertiary/aromatic N) is 1. The number of carbonyl (C=O) groups is 1. The maximum absolute atomic E-state index is 14.2. The van der Waals surface area contributed by atoms with Gasteiger partial charge in [0.25, 0.3) is 0 Å². The Kier molecular flexibility index (Phi) is 8.41. The molecular weight excluding hydrogens is 409 g/mol. The van der Waals surface area contributed by atoms with E-state index < -0.39 is 0 Å². The fourth-order valence-corrected chi connectivity index (χ4v) is 4.35. The van der Waals surface area contributed by atoms with E-state index in [2.05, 4.69) is 24.5 Å². The van der Waals surface area contributed by atoms with Crippen LogP contribution in [0.4, 0.5) is 4.39 Å². The minimum Gasteiger partial charge on any atom is -0.353 e. The van der Waals surface area contributed by atoms with Crippen LogP contribution in [0.15, 0.2) is 54.6 Å². The molecule has 166 valence electrons. The van der Waals surface area contributed by atoms with Crippen LogP contribution in [0.5, 0.6) is 0 Å². The van der Waals surface area contributed by atoms with Crippen LogP contribution in [0.2, 0.25) is 0 Å². The molecule has 1 amide bonds. The molecule has 0 aromatic heterocycles. The van der Waals surface area contributed by atoms with Crippen molar-refractivity contribution in [3.8, 4) is 0 Å². The van der Waals surface area contributed by atoms with Crippen LogP contribution in [0.1, 0.15) is 44.2 Å². The Bertz CT molecular complexity index is 876. The summed E-state index contributed by atoms with van der Waals surface area (Å²) in [7, 11) is 0. The molecule has 3 atom stereocenters. The Morgan fingerprint density at radius 2 is 1.77 bits per heavy atom. The van der Waals surface area contributed by atoms with E-state index in [1.165, 1.54) is 12.5 Å². The molecule has 6 heteroatoms. The summed E-state index contributed by atoms with van der Waals surface area (Å²) < 4.78 is 14.2. The molecule has 0 bridgehead atoms. The van der Waals surface area contributed by atoms with Gasteiger partial charge in [-0.1, -0.05) is 75.2 Å². The van der Waals surface area contributed by atoms with Gasteiger partial charge in [-0.05, 0) is 42.1 Å². The number of carbonyl (C=O) groups excluding carboxylic acids is 1. The van der Waals surface area contributed by atoms with Crippen molar-refractivity contribution in [2.45, 2.75) is 52.2 Å². The predicted octanol–water partition coefficient (Wildman–Crippen LogP) is 4.64. The maximum Gasteiger partial charge on any atom is 0.239 e. The van der Waals surface area contributed by atoms with Gasteiger partial charge in [-0.3, -0.25) is 4.79 Å². The van der Waals surface area contributed by atoms with E-state index in [1.54, 1.807) is 12.1 Å². The summed E-state index contributed by atoms with van der Waals surface area (Å²) in [6.07, 6.45) is 3.39. The van der Waals surface area contributed by atoms with E-state index in [4.69, 9.17) is 12.2 Å². The van der Waals surface area contributed by atoms with Crippen molar-refractivity contribution in [3.05, 3.63) is 71.5 Å². The van der Waals surface area contributed by atoms with Crippen LogP contribution < -0.4 is 10.6 Å². The van der Waals surface area contributed by atoms with E-state index in [1.807, 2.05) is 41.3 Å². The summed E-state index contributed by atoms with van der Waals surface area (Å²) in [6, 6.07) is 16.8. The summed E-state index contributed by atoms with van der Waals surface area (Å²) >= 11 is 5.59. The lowest BCUT2D eigenvalue weighted by Crippen LogP contribution is -2.49. The number of halogens is 1. The molecule has 0 aliphatic heterocycles. The van der Waals surface area contributed by atoms with Crippen molar-refractivity contribution < 1.29 is 9.18 Å². The number of hydrogen-bond donors (Lipinski definition) is 2. The van der Waals surface area contributed by atoms with Gasteiger partial charge in [-0.25, -0.2) is 4.39 Å². The Morgan fingerprint density at radius 3 is 2.52 bits per heavy atom. The summed E-state index contributed by atoms with van der Waals surface area (Å²) in [5.74, 6) is 0.774. The van der Waals surface area contributed by atoms with Gasteiger partial charge in [0, 0.05) is 24.7 Å². The molecule has 1 saturated carbocycles. The highest BCUT2D eigenvalue weighted by Crippen LogP contribution is 2.29. The molecule has 0 spiro atoms. The average molecular weight is 442 g/mol. The third-order valence-electron chi connectivity index (χ3n) is 6.28. The topological polar surface area (TPSA) is 44.4 Å². The summed E-state index contributed by atoms with van der Waals surface area (Å²) in [6.45, 7) is 5.42. The van der Waals surface area contributed by atoms with E-state index >= 15 is 0 Å². The normalized spacial score (nSPS) is 20.7. The lowest BCUT2D eigenvalue weighted by molar-refractivity contribution is -0.121. The molecule has 1 aliphatic carbocycles. The zero-order chi connectivity index (χ0) is 22.2. The van der Waals surface area contributed by atoms with Crippen molar-refractivity contribution in [1.29, 1.82) is 0 Å². The second kappa shape index (κ2) is 11.2. The van der Waals surface area contributed by atoms with Crippen molar-refractivity contribution in [2.24, 2.45) is 11.8 Å². The molecule has 2 aromatic carbocycles. The molecule has 1 aliphatic rings. The minimum absolute atomic E-state index is 0.0566. The molecule has 0 saturated heterocycles. The van der Waals surface area contributed by atoms with Gasteiger partial charge in [-0.2, -0.15) is 0 Å². The van der Waals surface area contributed by atoms with Crippen LogP contribution in [-0.2, 0) is 17.9 Å². The van der Waals surface area contributed by atoms with Gasteiger partial charge in [-0.15, -0.1) is 0 Å². The number of benzene rings is 2. The molecule has 0 radical (unpaired) electrons. The molecule has 2 N–H and O–H groups in total. The zero-order valence-electron chi connectivity index (χ0n) is 18.3. The lowest BCUT2D eigenvalue weighted by Gasteiger charge is -2.34. The Hall–Kier alpha value is -2.47. The highest BCUT2D eigenvalue weighted by molar-refractivity contribution is 7.80. The molecule has 3 unspecified atom stereocenters. The van der Waals surface area contributed by atoms with E-state index in [0.29, 0.717) is 35.6 Å². The fraction of sp³-hybridized carbons (Fsp3) is 0.440. The number of nitrogens with one attached hydrogen (secondary N) is 2. The van der Waals surface area contributed by atoms with E-state index in [9.17, 15) is 9.18 Å². The number of hydrogen-bond acceptors (Lipinski definition) is 2. The molecule has 0 heterocycles. The van der Waals surface area contributed by atoms with Crippen LogP contribution in [-0.4, -0.2) is 28.5 Å². The first-order chi connectivity index (χ1) is 14.9. The third kappa shape index (κ3) is 6.76. The number of amides is 1. The van der Waals surface area contributed by atoms with Gasteiger partial charge < -0.3 is 15.5 Å². The summed E-state index contributed by atoms with van der Waals surface area (Å²) in [5, 5.41) is 6.68. The first-order valence-electron chi connectivity index (χ1n) is 11.0. The number of thiocarbonyl (C=S) groups is 1. The Morgan fingerprint density at radius 1 is 1.06 bits per heavy atom. The van der Waals surface area contributed by atoms with Crippen LogP contribution >= 0.6 is 12.2 Å². The highest BCUT2D eigenvalue weighted by atomic mass is 32.1. The van der Waals surface area contributed by atoms with E-state index in [-0.39, 0.29) is 24.3 Å². The third-order valence-corrected chi connectivity index (χ3v) is 6.68. The highest BCUT2D eigenvalue weighted by Gasteiger charge is 2.28. The summed E-state index contributed by atoms with van der Waals surface area (Å²) in [4.78, 5) is 14.4. The van der Waals surface area contributed by atoms with Crippen molar-refractivity contribution >= 4 is 23.2 Å². The Balaban J connectivity index is 1.61. The van der Waals surface area contributed by atoms with Crippen LogP contribution in [0.25, 0.3) is 0 Å². The van der Waals surface area contributed by atoms with Crippen LogP contribution in [0, 0.1) is 17.7 Å². The first kappa shape index (κ1) is 23.2. The van der Waals surface area contributed by atoms with Gasteiger partial charge >= 0.3 is 0 Å². The average Bonchev–Trinajstić information content (AvgIpc) is 2.77. The molecule has 3 rings (SSSR count). The van der Waals surface area contributed by atoms with Crippen molar-refractivity contribution in [2.75, 3.05) is 6.54 Å². The molecule has 1 fully saturated rings. The number of rotatable bonds is 7. The minimum atomic E-state index is -0.262. The summed E-state index contributed by atoms with van der Waals surface area (Å²) in [5.41, 5.74) is 1.63. The van der Waals surface area contributed by atoms with Crippen LogP contribution in [0.3, 0.4) is 0 Å². The quantitative estimate of drug-likeness (QED) is 0.614. The maximum atomic E-state index is 14.2. The first-order valence-corrected chi connectivity index (χ1v) is 11.4. The second-order valence-electron chi connectivity index (χ2n) is 8.53. The molecular formula is C25H32FN3OS. The second-order valence-corrected chi connectivity index (χ2v) is 8.92. The monoisotopic (exact) mass is 441 g/mol. The van der Waals surface area contributed by atoms with Gasteiger partial charge in [0.05, 0.1) is 6.54 Å². The molecule has 31 heavy (non-hydrogen) atoms. The van der Waals surface area contributed by atoms with Crippen molar-refractivity contribution in [1.82, 2.24) is 15.5 Å². The zero-order valence-corrected chi connectivity index (χ0v) is 19.1.